The molecule has 2 heteroatoms. The molecule has 2 nitrogen and oxygen atoms in total. The third-order valence-electron chi connectivity index (χ3n) is 2.75. The van der Waals surface area contributed by atoms with Crippen molar-refractivity contribution in [2.24, 2.45) is 5.73 Å². The third-order valence-corrected chi connectivity index (χ3v) is 2.75. The number of nitrogens with two attached hydrogens (primary N) is 1. The Morgan fingerprint density at radius 1 is 0.941 bits per heavy atom. The molecule has 0 aliphatic rings. The Labute approximate surface area is 102 Å². The van der Waals surface area contributed by atoms with Crippen molar-refractivity contribution < 1.29 is 0 Å². The van der Waals surface area contributed by atoms with Crippen molar-refractivity contribution in [2.45, 2.75) is 12.5 Å². The molecular formula is C15H16N2. The van der Waals surface area contributed by atoms with E-state index in [4.69, 9.17) is 11.1 Å². The molecule has 17 heavy (non-hydrogen) atoms. The minimum Gasteiger partial charge on any atom is -0.323 e. The highest BCUT2D eigenvalue weighted by Gasteiger charge is 2.01. The normalized spacial score (nSPS) is 12.1. The average Bonchev–Trinajstić information content (AvgIpc) is 2.40. The highest BCUT2D eigenvalue weighted by molar-refractivity contribution is 5.64. The molecule has 0 fully saturated rings. The minimum absolute atomic E-state index is 0.183. The van der Waals surface area contributed by atoms with Gasteiger partial charge in [0.2, 0.25) is 0 Å². The van der Waals surface area contributed by atoms with Crippen LogP contribution in [0.25, 0.3) is 11.1 Å². The van der Waals surface area contributed by atoms with Crippen LogP contribution in [0.1, 0.15) is 5.56 Å². The van der Waals surface area contributed by atoms with Crippen LogP contribution < -0.4 is 5.73 Å². The summed E-state index contributed by atoms with van der Waals surface area (Å²) in [5, 5.41) is 7.08. The average molecular weight is 224 g/mol. The van der Waals surface area contributed by atoms with Crippen LogP contribution >= 0.6 is 0 Å². The zero-order valence-corrected chi connectivity index (χ0v) is 9.64. The van der Waals surface area contributed by atoms with Crippen molar-refractivity contribution in [3.63, 3.8) is 0 Å². The van der Waals surface area contributed by atoms with Gasteiger partial charge in [-0.25, -0.2) is 0 Å². The maximum atomic E-state index is 7.08. The lowest BCUT2D eigenvalue weighted by molar-refractivity contribution is 0.860. The minimum atomic E-state index is -0.183. The summed E-state index contributed by atoms with van der Waals surface area (Å²) < 4.78 is 0. The van der Waals surface area contributed by atoms with Gasteiger partial charge in [-0.2, -0.15) is 0 Å². The van der Waals surface area contributed by atoms with Gasteiger partial charge in [0.1, 0.15) is 0 Å². The van der Waals surface area contributed by atoms with E-state index in [1.165, 1.54) is 22.9 Å². The first kappa shape index (κ1) is 11.6. The molecule has 0 aliphatic heterocycles. The van der Waals surface area contributed by atoms with Crippen molar-refractivity contribution >= 4 is 6.21 Å². The van der Waals surface area contributed by atoms with Crippen molar-refractivity contribution in [3.05, 3.63) is 60.2 Å². The molecule has 3 N–H and O–H groups in total. The molecule has 0 saturated carbocycles. The van der Waals surface area contributed by atoms with E-state index in [0.717, 1.165) is 6.42 Å². The van der Waals surface area contributed by atoms with Gasteiger partial charge in [0.25, 0.3) is 0 Å². The predicted octanol–water partition coefficient (Wildman–Crippen LogP) is 2.87. The Bertz CT molecular complexity index is 474. The number of hydrogen-bond acceptors (Lipinski definition) is 2. The van der Waals surface area contributed by atoms with Crippen LogP contribution in [0.4, 0.5) is 0 Å². The second-order valence-electron chi connectivity index (χ2n) is 4.10. The maximum absolute atomic E-state index is 7.08. The third kappa shape index (κ3) is 3.02. The van der Waals surface area contributed by atoms with Crippen molar-refractivity contribution in [3.8, 4) is 11.1 Å². The van der Waals surface area contributed by atoms with Crippen LogP contribution in [-0.2, 0) is 6.42 Å². The van der Waals surface area contributed by atoms with Gasteiger partial charge in [-0.15, -0.1) is 0 Å². The lowest BCUT2D eigenvalue weighted by atomic mass is 10.0. The number of hydrogen-bond donors (Lipinski definition) is 2. The maximum Gasteiger partial charge on any atom is 0.0433 e. The summed E-state index contributed by atoms with van der Waals surface area (Å²) in [5.74, 6) is 0. The van der Waals surface area contributed by atoms with E-state index < -0.39 is 0 Å². The molecule has 2 aromatic rings. The smallest absolute Gasteiger partial charge is 0.0433 e. The topological polar surface area (TPSA) is 49.9 Å². The molecule has 1 unspecified atom stereocenters. The first-order chi connectivity index (χ1) is 8.29. The molecule has 1 atom stereocenters. The molecule has 0 aromatic heterocycles. The summed E-state index contributed by atoms with van der Waals surface area (Å²) in [5.41, 5.74) is 9.30. The molecule has 0 saturated heterocycles. The van der Waals surface area contributed by atoms with Crippen molar-refractivity contribution in [1.82, 2.24) is 0 Å². The van der Waals surface area contributed by atoms with E-state index in [9.17, 15) is 0 Å². The van der Waals surface area contributed by atoms with Crippen LogP contribution in [0, 0.1) is 5.41 Å². The zero-order valence-electron chi connectivity index (χ0n) is 9.64. The summed E-state index contributed by atoms with van der Waals surface area (Å²) in [7, 11) is 0. The molecule has 0 heterocycles. The second-order valence-corrected chi connectivity index (χ2v) is 4.10. The van der Waals surface area contributed by atoms with E-state index in [2.05, 4.69) is 36.4 Å². The fraction of sp³-hybridized carbons (Fsp3) is 0.133. The predicted molar refractivity (Wildman–Crippen MR) is 72.3 cm³/mol. The van der Waals surface area contributed by atoms with Gasteiger partial charge in [-0.05, 0) is 23.1 Å². The number of nitrogens with one attached hydrogen (secondary N) is 1. The summed E-state index contributed by atoms with van der Waals surface area (Å²) in [6.45, 7) is 0. The van der Waals surface area contributed by atoms with Gasteiger partial charge in [0.05, 0.1) is 0 Å². The Kier molecular flexibility index (Phi) is 3.68. The molecule has 2 rings (SSSR count). The Hall–Kier alpha value is -1.93. The fourth-order valence-electron chi connectivity index (χ4n) is 1.79. The van der Waals surface area contributed by atoms with Crippen molar-refractivity contribution in [2.75, 3.05) is 0 Å². The quantitative estimate of drug-likeness (QED) is 0.771. The van der Waals surface area contributed by atoms with Crippen LogP contribution in [0.2, 0.25) is 0 Å². The molecule has 2 aromatic carbocycles. The molecule has 0 aliphatic carbocycles. The highest BCUT2D eigenvalue weighted by atomic mass is 14.6. The molecule has 0 spiro atoms. The van der Waals surface area contributed by atoms with Crippen LogP contribution in [0.15, 0.2) is 54.6 Å². The summed E-state index contributed by atoms with van der Waals surface area (Å²) in [4.78, 5) is 0. The first-order valence-electron chi connectivity index (χ1n) is 5.70. The highest BCUT2D eigenvalue weighted by Crippen LogP contribution is 2.19. The molecule has 86 valence electrons. The van der Waals surface area contributed by atoms with Crippen LogP contribution in [-0.4, -0.2) is 12.3 Å². The van der Waals surface area contributed by atoms with E-state index in [0.29, 0.717) is 0 Å². The fourth-order valence-corrected chi connectivity index (χ4v) is 1.79. The Balaban J connectivity index is 2.16. The van der Waals surface area contributed by atoms with E-state index in [-0.39, 0.29) is 6.04 Å². The zero-order chi connectivity index (χ0) is 12.1. The van der Waals surface area contributed by atoms with Gasteiger partial charge in [0.15, 0.2) is 0 Å². The second kappa shape index (κ2) is 5.41. The van der Waals surface area contributed by atoms with Gasteiger partial charge < -0.3 is 11.1 Å². The summed E-state index contributed by atoms with van der Waals surface area (Å²) in [6.07, 6.45) is 2.00. The Morgan fingerprint density at radius 3 is 2.12 bits per heavy atom. The largest absolute Gasteiger partial charge is 0.323 e. The molecular weight excluding hydrogens is 208 g/mol. The molecule has 0 amide bonds. The van der Waals surface area contributed by atoms with Crippen LogP contribution in [0.5, 0.6) is 0 Å². The SMILES string of the molecule is N=CC(N)Cc1ccc(-c2ccccc2)cc1. The molecule has 0 bridgehead atoms. The van der Waals surface area contributed by atoms with Gasteiger partial charge in [-0.3, -0.25) is 0 Å². The number of benzene rings is 2. The van der Waals surface area contributed by atoms with Gasteiger partial charge in [-0.1, -0.05) is 54.6 Å². The van der Waals surface area contributed by atoms with E-state index in [1.807, 2.05) is 18.2 Å². The standard InChI is InChI=1S/C15H16N2/c16-11-15(17)10-12-6-8-14(9-7-12)13-4-2-1-3-5-13/h1-9,11,15-16H,10,17H2. The lowest BCUT2D eigenvalue weighted by Crippen LogP contribution is -2.23. The van der Waals surface area contributed by atoms with Gasteiger partial charge in [0, 0.05) is 12.3 Å². The summed E-state index contributed by atoms with van der Waals surface area (Å²) in [6, 6.07) is 18.4. The Morgan fingerprint density at radius 2 is 1.53 bits per heavy atom. The monoisotopic (exact) mass is 224 g/mol. The number of rotatable bonds is 4. The molecule has 0 radical (unpaired) electrons. The lowest BCUT2D eigenvalue weighted by Gasteiger charge is -2.07. The van der Waals surface area contributed by atoms with Crippen molar-refractivity contribution in [1.29, 1.82) is 5.41 Å². The first-order valence-corrected chi connectivity index (χ1v) is 5.70. The van der Waals surface area contributed by atoms with E-state index >= 15 is 0 Å². The summed E-state index contributed by atoms with van der Waals surface area (Å²) >= 11 is 0. The van der Waals surface area contributed by atoms with E-state index in [1.54, 1.807) is 0 Å². The van der Waals surface area contributed by atoms with Gasteiger partial charge >= 0.3 is 0 Å². The van der Waals surface area contributed by atoms with Crippen LogP contribution in [0.3, 0.4) is 0 Å².